The van der Waals surface area contributed by atoms with Crippen molar-refractivity contribution in [2.75, 3.05) is 6.54 Å². The molecule has 0 atom stereocenters. The van der Waals surface area contributed by atoms with Crippen LogP contribution in [0.1, 0.15) is 52.1 Å². The molecule has 1 N–H and O–H groups in total. The molecule has 1 aromatic carbocycles. The summed E-state index contributed by atoms with van der Waals surface area (Å²) in [4.78, 5) is 37.7. The number of unbranched alkanes of at least 4 members (excludes halogenated alkanes) is 2. The highest BCUT2D eigenvalue weighted by Crippen LogP contribution is 2.22. The van der Waals surface area contributed by atoms with Crippen molar-refractivity contribution >= 4 is 29.3 Å². The molecule has 3 rings (SSSR count). The average molecular weight is 389 g/mol. The quantitative estimate of drug-likeness (QED) is 0.556. The van der Waals surface area contributed by atoms with E-state index in [-0.39, 0.29) is 17.7 Å². The molecule has 0 bridgehead atoms. The summed E-state index contributed by atoms with van der Waals surface area (Å²) in [6.45, 7) is 0.710. The molecule has 27 heavy (non-hydrogen) atoms. The molecule has 0 spiro atoms. The number of amides is 3. The topological polar surface area (TPSA) is 84.3 Å². The van der Waals surface area contributed by atoms with E-state index in [0.29, 0.717) is 48.5 Å². The number of aromatic nitrogens is 2. The van der Waals surface area contributed by atoms with Gasteiger partial charge in [-0.2, -0.15) is 5.10 Å². The number of imide groups is 1. The van der Waals surface area contributed by atoms with Gasteiger partial charge in [-0.05, 0) is 25.0 Å². The van der Waals surface area contributed by atoms with E-state index in [2.05, 4.69) is 10.4 Å². The Morgan fingerprint density at radius 2 is 1.78 bits per heavy atom. The summed E-state index contributed by atoms with van der Waals surface area (Å²) in [5.74, 6) is -0.532. The van der Waals surface area contributed by atoms with Crippen molar-refractivity contribution in [3.05, 3.63) is 52.3 Å². The average Bonchev–Trinajstić information content (AvgIpc) is 3.11. The van der Waals surface area contributed by atoms with E-state index in [1.54, 1.807) is 42.2 Å². The molecule has 2 heterocycles. The Kier molecular flexibility index (Phi) is 5.91. The SMILES string of the molecule is Cn1ncc(Cl)c1CNC(=O)CCCCCN1C(=O)c2ccccc2C1=O. The molecule has 142 valence electrons. The summed E-state index contributed by atoms with van der Waals surface area (Å²) < 4.78 is 1.63. The van der Waals surface area contributed by atoms with Gasteiger partial charge >= 0.3 is 0 Å². The minimum absolute atomic E-state index is 0.0620. The van der Waals surface area contributed by atoms with Crippen LogP contribution in [-0.4, -0.2) is 38.9 Å². The zero-order valence-electron chi connectivity index (χ0n) is 15.1. The third-order valence-corrected chi connectivity index (χ3v) is 4.94. The molecule has 0 fully saturated rings. The molecular formula is C19H21ClN4O3. The lowest BCUT2D eigenvalue weighted by molar-refractivity contribution is -0.121. The maximum absolute atomic E-state index is 12.3. The van der Waals surface area contributed by atoms with Gasteiger partial charge in [-0.1, -0.05) is 30.2 Å². The van der Waals surface area contributed by atoms with E-state index in [4.69, 9.17) is 11.6 Å². The highest BCUT2D eigenvalue weighted by molar-refractivity contribution is 6.31. The highest BCUT2D eigenvalue weighted by Gasteiger charge is 2.34. The Labute approximate surface area is 162 Å². The Morgan fingerprint density at radius 3 is 2.37 bits per heavy atom. The number of aryl methyl sites for hydroxylation is 1. The standard InChI is InChI=1S/C19H21ClN4O3/c1-23-16(15(20)11-22-23)12-21-17(25)9-3-2-6-10-24-18(26)13-7-4-5-8-14(13)19(24)27/h4-5,7-8,11H,2-3,6,9-10,12H2,1H3,(H,21,25). The van der Waals surface area contributed by atoms with E-state index in [9.17, 15) is 14.4 Å². The van der Waals surface area contributed by atoms with Crippen molar-refractivity contribution in [1.29, 1.82) is 0 Å². The Morgan fingerprint density at radius 1 is 1.11 bits per heavy atom. The molecule has 1 aliphatic rings. The molecule has 2 aromatic rings. The number of carbonyl (C=O) groups is 3. The molecule has 0 aliphatic carbocycles. The van der Waals surface area contributed by atoms with Gasteiger partial charge in [0.05, 0.1) is 34.6 Å². The van der Waals surface area contributed by atoms with E-state index in [1.807, 2.05) is 0 Å². The Hall–Kier alpha value is -2.67. The molecule has 1 aliphatic heterocycles. The molecule has 0 unspecified atom stereocenters. The molecule has 0 saturated carbocycles. The van der Waals surface area contributed by atoms with E-state index in [1.165, 1.54) is 4.90 Å². The van der Waals surface area contributed by atoms with Crippen LogP contribution in [-0.2, 0) is 18.4 Å². The first kappa shape index (κ1) is 19.1. The Balaban J connectivity index is 1.36. The number of hydrogen-bond donors (Lipinski definition) is 1. The predicted octanol–water partition coefficient (Wildman–Crippen LogP) is 2.55. The van der Waals surface area contributed by atoms with Crippen molar-refractivity contribution in [3.8, 4) is 0 Å². The first-order valence-corrected chi connectivity index (χ1v) is 9.25. The van der Waals surface area contributed by atoms with Crippen molar-refractivity contribution in [2.24, 2.45) is 7.05 Å². The third-order valence-electron chi connectivity index (χ3n) is 4.63. The molecule has 8 heteroatoms. The first-order chi connectivity index (χ1) is 13.0. The van der Waals surface area contributed by atoms with Crippen molar-refractivity contribution in [3.63, 3.8) is 0 Å². The number of nitrogens with one attached hydrogen (secondary N) is 1. The number of hydrogen-bond acceptors (Lipinski definition) is 4. The number of rotatable bonds is 8. The van der Waals surface area contributed by atoms with Crippen molar-refractivity contribution < 1.29 is 14.4 Å². The second kappa shape index (κ2) is 8.35. The van der Waals surface area contributed by atoms with Crippen LogP contribution < -0.4 is 5.32 Å². The van der Waals surface area contributed by atoms with Crippen LogP contribution in [0.25, 0.3) is 0 Å². The largest absolute Gasteiger partial charge is 0.350 e. The van der Waals surface area contributed by atoms with Crippen molar-refractivity contribution in [2.45, 2.75) is 32.2 Å². The lowest BCUT2D eigenvalue weighted by atomic mass is 10.1. The van der Waals surface area contributed by atoms with Crippen LogP contribution in [0.4, 0.5) is 0 Å². The molecule has 0 radical (unpaired) electrons. The maximum atomic E-state index is 12.3. The second-order valence-electron chi connectivity index (χ2n) is 6.46. The van der Waals surface area contributed by atoms with Crippen LogP contribution in [0.5, 0.6) is 0 Å². The van der Waals surface area contributed by atoms with E-state index >= 15 is 0 Å². The fourth-order valence-electron chi connectivity index (χ4n) is 3.08. The van der Waals surface area contributed by atoms with Gasteiger partial charge in [-0.3, -0.25) is 24.0 Å². The highest BCUT2D eigenvalue weighted by atomic mass is 35.5. The van der Waals surface area contributed by atoms with E-state index in [0.717, 1.165) is 12.1 Å². The van der Waals surface area contributed by atoms with Gasteiger partial charge in [0.15, 0.2) is 0 Å². The predicted molar refractivity (Wildman–Crippen MR) is 100 cm³/mol. The molecule has 1 aromatic heterocycles. The zero-order valence-corrected chi connectivity index (χ0v) is 15.8. The second-order valence-corrected chi connectivity index (χ2v) is 6.86. The van der Waals surface area contributed by atoms with Gasteiger partial charge in [-0.15, -0.1) is 0 Å². The minimum Gasteiger partial charge on any atom is -0.350 e. The molecule has 0 saturated heterocycles. The van der Waals surface area contributed by atoms with Crippen molar-refractivity contribution in [1.82, 2.24) is 20.0 Å². The zero-order chi connectivity index (χ0) is 19.4. The number of fused-ring (bicyclic) bond motifs is 1. The molecule has 7 nitrogen and oxygen atoms in total. The monoisotopic (exact) mass is 388 g/mol. The molecule has 3 amide bonds. The van der Waals surface area contributed by atoms with Gasteiger partial charge in [0, 0.05) is 20.0 Å². The fourth-order valence-corrected chi connectivity index (χ4v) is 3.31. The first-order valence-electron chi connectivity index (χ1n) is 8.87. The van der Waals surface area contributed by atoms with Crippen LogP contribution in [0.2, 0.25) is 5.02 Å². The van der Waals surface area contributed by atoms with Gasteiger partial charge in [0.25, 0.3) is 11.8 Å². The van der Waals surface area contributed by atoms with Gasteiger partial charge in [-0.25, -0.2) is 0 Å². The summed E-state index contributed by atoms with van der Waals surface area (Å²) in [6, 6.07) is 6.86. The lowest BCUT2D eigenvalue weighted by Gasteiger charge is -2.13. The summed E-state index contributed by atoms with van der Waals surface area (Å²) in [7, 11) is 1.77. The maximum Gasteiger partial charge on any atom is 0.261 e. The van der Waals surface area contributed by atoms with Crippen LogP contribution in [0.3, 0.4) is 0 Å². The van der Waals surface area contributed by atoms with Crippen LogP contribution in [0, 0.1) is 0 Å². The number of benzene rings is 1. The minimum atomic E-state index is -0.235. The summed E-state index contributed by atoms with van der Waals surface area (Å²) in [5.41, 5.74) is 1.70. The smallest absolute Gasteiger partial charge is 0.261 e. The third kappa shape index (κ3) is 4.19. The number of nitrogens with zero attached hydrogens (tertiary/aromatic N) is 3. The fraction of sp³-hybridized carbons (Fsp3) is 0.368. The number of carbonyl (C=O) groups excluding carboxylic acids is 3. The van der Waals surface area contributed by atoms with Gasteiger partial charge in [0.1, 0.15) is 0 Å². The van der Waals surface area contributed by atoms with Gasteiger partial charge in [0.2, 0.25) is 5.91 Å². The van der Waals surface area contributed by atoms with E-state index < -0.39 is 0 Å². The summed E-state index contributed by atoms with van der Waals surface area (Å²) >= 11 is 6.00. The summed E-state index contributed by atoms with van der Waals surface area (Å²) in [6.07, 6.45) is 4.05. The normalized spacial score (nSPS) is 13.2. The number of halogens is 1. The van der Waals surface area contributed by atoms with Gasteiger partial charge < -0.3 is 5.32 Å². The van der Waals surface area contributed by atoms with Crippen LogP contribution in [0.15, 0.2) is 30.5 Å². The summed E-state index contributed by atoms with van der Waals surface area (Å²) in [5, 5.41) is 7.37. The lowest BCUT2D eigenvalue weighted by Crippen LogP contribution is -2.30. The Bertz CT molecular complexity index is 823. The van der Waals surface area contributed by atoms with Crippen LogP contribution >= 0.6 is 11.6 Å². The molecular weight excluding hydrogens is 368 g/mol.